The third kappa shape index (κ3) is 6.04. The minimum absolute atomic E-state index is 0.0206. The van der Waals surface area contributed by atoms with E-state index in [1.807, 2.05) is 0 Å². The van der Waals surface area contributed by atoms with E-state index < -0.39 is 16.1 Å². The zero-order valence-corrected chi connectivity index (χ0v) is 11.3. The molecule has 1 aromatic carbocycles. The highest BCUT2D eigenvalue weighted by Crippen LogP contribution is 2.14. The number of nitrogens with zero attached hydrogens (tertiary/aromatic N) is 1. The van der Waals surface area contributed by atoms with Gasteiger partial charge in [-0.25, -0.2) is 10.2 Å². The van der Waals surface area contributed by atoms with Gasteiger partial charge in [0, 0.05) is 0 Å². The average molecular weight is 289 g/mol. The first-order valence-electron chi connectivity index (χ1n) is 5.16. The molecule has 0 saturated carbocycles. The van der Waals surface area contributed by atoms with Gasteiger partial charge in [-0.1, -0.05) is 17.3 Å². The summed E-state index contributed by atoms with van der Waals surface area (Å²) in [6.45, 7) is -0.0206. The second-order valence-corrected chi connectivity index (χ2v) is 5.20. The van der Waals surface area contributed by atoms with Crippen molar-refractivity contribution in [3.8, 4) is 5.75 Å². The normalized spacial score (nSPS) is 11.3. The molecule has 0 bridgehead atoms. The van der Waals surface area contributed by atoms with E-state index in [1.54, 1.807) is 24.3 Å². The Balaban J connectivity index is 2.83. The monoisotopic (exact) mass is 289 g/mol. The van der Waals surface area contributed by atoms with Gasteiger partial charge in [0.25, 0.3) is 10.1 Å². The molecule has 19 heavy (non-hydrogen) atoms. The minimum Gasteiger partial charge on any atom is -0.497 e. The van der Waals surface area contributed by atoms with Crippen LogP contribution in [0.4, 0.5) is 4.79 Å². The number of nitrogens with two attached hydrogens (primary N) is 1. The number of ether oxygens (including phenoxy) is 1. The molecule has 106 valence electrons. The van der Waals surface area contributed by atoms with Gasteiger partial charge in [0.1, 0.15) is 5.75 Å². The number of nitrogens with one attached hydrogen (secondary N) is 1. The topological polar surface area (TPSA) is 111 Å². The van der Waals surface area contributed by atoms with E-state index in [-0.39, 0.29) is 6.54 Å². The summed E-state index contributed by atoms with van der Waals surface area (Å²) in [5.74, 6) is 0.593. The molecule has 0 spiro atoms. The molecule has 1 rings (SSSR count). The van der Waals surface area contributed by atoms with Gasteiger partial charge in [-0.2, -0.15) is 12.7 Å². The molecule has 0 aliphatic carbocycles. The predicted octanol–water partition coefficient (Wildman–Crippen LogP) is -0.0283. The first-order chi connectivity index (χ1) is 8.80. The van der Waals surface area contributed by atoms with Gasteiger partial charge in [-0.05, 0) is 17.7 Å². The molecule has 0 aliphatic heterocycles. The van der Waals surface area contributed by atoms with Crippen LogP contribution in [-0.2, 0) is 20.9 Å². The SMILES string of the molecule is COc1cccc(CN(NC(N)=O)OS(C)(=O)=O)c1. The molecule has 9 heteroatoms. The first kappa shape index (κ1) is 15.2. The highest BCUT2D eigenvalue weighted by atomic mass is 32.2. The first-order valence-corrected chi connectivity index (χ1v) is 6.98. The molecule has 0 aromatic heterocycles. The zero-order chi connectivity index (χ0) is 14.5. The summed E-state index contributed by atoms with van der Waals surface area (Å²) in [6.07, 6.45) is 0.855. The maximum absolute atomic E-state index is 11.1. The Morgan fingerprint density at radius 2 is 2.16 bits per heavy atom. The lowest BCUT2D eigenvalue weighted by atomic mass is 10.2. The molecule has 2 amide bonds. The lowest BCUT2D eigenvalue weighted by Gasteiger charge is -2.19. The standard InChI is InChI=1S/C10H15N3O5S/c1-17-9-5-3-4-8(6-9)7-13(12-10(11)14)18-19(2,15)16/h3-6H,7H2,1-2H3,(H3,11,12,14). The second-order valence-electron chi connectivity index (χ2n) is 3.64. The fourth-order valence-electron chi connectivity index (χ4n) is 1.31. The average Bonchev–Trinajstić information content (AvgIpc) is 2.26. The highest BCUT2D eigenvalue weighted by Gasteiger charge is 2.15. The van der Waals surface area contributed by atoms with E-state index in [0.717, 1.165) is 11.4 Å². The number of hydrogen-bond donors (Lipinski definition) is 2. The van der Waals surface area contributed by atoms with Gasteiger partial charge < -0.3 is 10.5 Å². The number of rotatable bonds is 6. The maximum atomic E-state index is 11.1. The Bertz CT molecular complexity index is 546. The fraction of sp³-hybridized carbons (Fsp3) is 0.300. The molecule has 0 aliphatic rings. The van der Waals surface area contributed by atoms with Crippen molar-refractivity contribution in [2.24, 2.45) is 5.73 Å². The summed E-state index contributed by atoms with van der Waals surface area (Å²) >= 11 is 0. The summed E-state index contributed by atoms with van der Waals surface area (Å²) in [7, 11) is -2.27. The summed E-state index contributed by atoms with van der Waals surface area (Å²) in [5.41, 5.74) is 7.65. The number of benzene rings is 1. The smallest absolute Gasteiger partial charge is 0.328 e. The molecule has 0 fully saturated rings. The molecule has 0 heterocycles. The zero-order valence-electron chi connectivity index (χ0n) is 10.5. The number of hydroxylamine groups is 1. The Morgan fingerprint density at radius 3 is 2.68 bits per heavy atom. The molecular formula is C10H15N3O5S. The lowest BCUT2D eigenvalue weighted by Crippen LogP contribution is -2.45. The van der Waals surface area contributed by atoms with Crippen LogP contribution in [0.3, 0.4) is 0 Å². The molecular weight excluding hydrogens is 274 g/mol. The van der Waals surface area contributed by atoms with Gasteiger partial charge in [0.05, 0.1) is 19.9 Å². The van der Waals surface area contributed by atoms with Gasteiger partial charge >= 0.3 is 6.03 Å². The van der Waals surface area contributed by atoms with Crippen molar-refractivity contribution < 1.29 is 22.2 Å². The largest absolute Gasteiger partial charge is 0.497 e. The van der Waals surface area contributed by atoms with E-state index in [4.69, 9.17) is 10.5 Å². The quantitative estimate of drug-likeness (QED) is 0.711. The van der Waals surface area contributed by atoms with Crippen LogP contribution in [0, 0.1) is 0 Å². The summed E-state index contributed by atoms with van der Waals surface area (Å²) in [6, 6.07) is 5.89. The minimum atomic E-state index is -3.78. The summed E-state index contributed by atoms with van der Waals surface area (Å²) in [5, 5.41) is 0.729. The maximum Gasteiger partial charge on any atom is 0.328 e. The number of hydrogen-bond acceptors (Lipinski definition) is 6. The lowest BCUT2D eigenvalue weighted by molar-refractivity contribution is -0.0922. The molecule has 0 atom stereocenters. The van der Waals surface area contributed by atoms with Crippen LogP contribution in [0.2, 0.25) is 0 Å². The van der Waals surface area contributed by atoms with Crippen molar-refractivity contribution in [1.82, 2.24) is 10.6 Å². The number of hydrazine groups is 1. The van der Waals surface area contributed by atoms with Crippen molar-refractivity contribution in [1.29, 1.82) is 0 Å². The van der Waals surface area contributed by atoms with Crippen LogP contribution in [0.1, 0.15) is 5.56 Å². The number of urea groups is 1. The third-order valence-corrected chi connectivity index (χ3v) is 2.37. The molecule has 1 aromatic rings. The van der Waals surface area contributed by atoms with E-state index in [1.165, 1.54) is 7.11 Å². The van der Waals surface area contributed by atoms with Crippen LogP contribution in [0.25, 0.3) is 0 Å². The Kier molecular flexibility index (Phi) is 5.10. The second kappa shape index (κ2) is 6.36. The van der Waals surface area contributed by atoms with Crippen molar-refractivity contribution in [3.05, 3.63) is 29.8 Å². The van der Waals surface area contributed by atoms with E-state index in [9.17, 15) is 13.2 Å². The molecule has 0 unspecified atom stereocenters. The van der Waals surface area contributed by atoms with Gasteiger partial charge in [-0.3, -0.25) is 0 Å². The predicted molar refractivity (Wildman–Crippen MR) is 67.2 cm³/mol. The van der Waals surface area contributed by atoms with Crippen molar-refractivity contribution in [3.63, 3.8) is 0 Å². The number of amides is 2. The van der Waals surface area contributed by atoms with E-state index in [2.05, 4.69) is 9.71 Å². The van der Waals surface area contributed by atoms with Crippen LogP contribution >= 0.6 is 0 Å². The van der Waals surface area contributed by atoms with E-state index >= 15 is 0 Å². The Labute approximate surface area is 111 Å². The molecule has 0 saturated heterocycles. The van der Waals surface area contributed by atoms with E-state index in [0.29, 0.717) is 11.3 Å². The van der Waals surface area contributed by atoms with Crippen LogP contribution in [-0.4, -0.2) is 33.0 Å². The fourth-order valence-corrected chi connectivity index (χ4v) is 1.72. The number of primary amides is 1. The van der Waals surface area contributed by atoms with Gasteiger partial charge in [-0.15, -0.1) is 0 Å². The van der Waals surface area contributed by atoms with Crippen LogP contribution in [0.5, 0.6) is 5.75 Å². The van der Waals surface area contributed by atoms with Crippen molar-refractivity contribution >= 4 is 16.1 Å². The molecule has 3 N–H and O–H groups in total. The summed E-state index contributed by atoms with van der Waals surface area (Å²) < 4.78 is 31.7. The third-order valence-electron chi connectivity index (χ3n) is 1.92. The van der Waals surface area contributed by atoms with Crippen molar-refractivity contribution in [2.75, 3.05) is 13.4 Å². The number of carbonyl (C=O) groups excluding carboxylic acids is 1. The van der Waals surface area contributed by atoms with Crippen LogP contribution in [0.15, 0.2) is 24.3 Å². The van der Waals surface area contributed by atoms with Gasteiger partial charge in [0.15, 0.2) is 0 Å². The van der Waals surface area contributed by atoms with Gasteiger partial charge in [0.2, 0.25) is 0 Å². The molecule has 0 radical (unpaired) electrons. The number of carbonyl (C=O) groups is 1. The van der Waals surface area contributed by atoms with Crippen molar-refractivity contribution in [2.45, 2.75) is 6.54 Å². The number of methoxy groups -OCH3 is 1. The summed E-state index contributed by atoms with van der Waals surface area (Å²) in [4.78, 5) is 10.8. The molecule has 8 nitrogen and oxygen atoms in total. The Morgan fingerprint density at radius 1 is 1.47 bits per heavy atom. The Hall–Kier alpha value is -1.84. The van der Waals surface area contributed by atoms with Crippen LogP contribution < -0.4 is 15.9 Å². The highest BCUT2D eigenvalue weighted by molar-refractivity contribution is 7.85.